The minimum atomic E-state index is 0.170. The molecule has 0 aliphatic carbocycles. The van der Waals surface area contributed by atoms with Crippen LogP contribution >= 0.6 is 27.5 Å². The van der Waals surface area contributed by atoms with Crippen molar-refractivity contribution in [3.63, 3.8) is 0 Å². The molecule has 2 rings (SSSR count). The third-order valence-electron chi connectivity index (χ3n) is 2.15. The molecular weight excluding hydrogens is 293 g/mol. The Balaban J connectivity index is 2.67. The van der Waals surface area contributed by atoms with Crippen LogP contribution in [0.1, 0.15) is 11.4 Å². The minimum absolute atomic E-state index is 0.170. The lowest BCUT2D eigenvalue weighted by Crippen LogP contribution is -2.06. The first kappa shape index (κ1) is 11.3. The number of aromatic nitrogens is 4. The highest BCUT2D eigenvalue weighted by Crippen LogP contribution is 2.25. The topological polar surface area (TPSA) is 69.6 Å². The fraction of sp³-hybridized carbons (Fsp3) is 0.222. The number of rotatable bonds is 1. The lowest BCUT2D eigenvalue weighted by Gasteiger charge is -2.05. The summed E-state index contributed by atoms with van der Waals surface area (Å²) in [5.74, 6) is 0.656. The molecule has 0 saturated heterocycles. The Hall–Kier alpha value is -1.14. The van der Waals surface area contributed by atoms with Gasteiger partial charge in [0.25, 0.3) is 0 Å². The second-order valence-corrected chi connectivity index (χ2v) is 4.50. The van der Waals surface area contributed by atoms with Crippen molar-refractivity contribution in [1.29, 1.82) is 0 Å². The van der Waals surface area contributed by atoms with Crippen LogP contribution in [0.25, 0.3) is 5.82 Å². The van der Waals surface area contributed by atoms with Crippen molar-refractivity contribution in [2.75, 3.05) is 5.73 Å². The zero-order valence-electron chi connectivity index (χ0n) is 8.70. The van der Waals surface area contributed by atoms with Gasteiger partial charge in [-0.15, -0.1) is 0 Å². The molecule has 0 saturated carbocycles. The Morgan fingerprint density at radius 3 is 2.69 bits per heavy atom. The van der Waals surface area contributed by atoms with E-state index < -0.39 is 0 Å². The highest BCUT2D eigenvalue weighted by molar-refractivity contribution is 9.10. The highest BCUT2D eigenvalue weighted by Gasteiger charge is 2.14. The van der Waals surface area contributed by atoms with E-state index in [1.807, 2.05) is 13.8 Å². The first-order valence-electron chi connectivity index (χ1n) is 4.51. The number of nitrogens with two attached hydrogens (primary N) is 1. The molecule has 2 heterocycles. The molecule has 2 aromatic heterocycles. The summed E-state index contributed by atoms with van der Waals surface area (Å²) in [6.07, 6.45) is 1.46. The Bertz CT molecular complexity index is 551. The van der Waals surface area contributed by atoms with E-state index in [9.17, 15) is 0 Å². The van der Waals surface area contributed by atoms with Crippen molar-refractivity contribution in [3.8, 4) is 5.82 Å². The van der Waals surface area contributed by atoms with Gasteiger partial charge in [0.1, 0.15) is 5.02 Å². The molecule has 2 aromatic rings. The Morgan fingerprint density at radius 1 is 1.44 bits per heavy atom. The van der Waals surface area contributed by atoms with E-state index in [1.54, 1.807) is 4.68 Å². The van der Waals surface area contributed by atoms with Crippen LogP contribution in [0.2, 0.25) is 5.02 Å². The molecule has 0 atom stereocenters. The number of hydrogen-bond acceptors (Lipinski definition) is 4. The molecule has 0 radical (unpaired) electrons. The summed E-state index contributed by atoms with van der Waals surface area (Å²) in [6, 6.07) is 0. The van der Waals surface area contributed by atoms with Gasteiger partial charge >= 0.3 is 0 Å². The van der Waals surface area contributed by atoms with E-state index >= 15 is 0 Å². The molecule has 0 spiro atoms. The normalized spacial score (nSPS) is 10.8. The number of aryl methyl sites for hydroxylation is 1. The van der Waals surface area contributed by atoms with Gasteiger partial charge in [-0.25, -0.2) is 9.67 Å². The van der Waals surface area contributed by atoms with Crippen molar-refractivity contribution >= 4 is 33.5 Å². The average molecular weight is 303 g/mol. The van der Waals surface area contributed by atoms with Crippen LogP contribution in [0, 0.1) is 13.8 Å². The second kappa shape index (κ2) is 4.03. The molecule has 2 N–H and O–H groups in total. The Morgan fingerprint density at radius 2 is 2.12 bits per heavy atom. The quantitative estimate of drug-likeness (QED) is 0.877. The molecule has 0 amide bonds. The number of hydrogen-bond donors (Lipinski definition) is 1. The third kappa shape index (κ3) is 1.78. The van der Waals surface area contributed by atoms with Crippen LogP contribution in [-0.4, -0.2) is 19.7 Å². The van der Waals surface area contributed by atoms with Gasteiger partial charge in [0.15, 0.2) is 5.82 Å². The first-order valence-corrected chi connectivity index (χ1v) is 5.68. The molecule has 0 aliphatic heterocycles. The van der Waals surface area contributed by atoms with Gasteiger partial charge in [-0.3, -0.25) is 0 Å². The Kier molecular flexibility index (Phi) is 2.86. The second-order valence-electron chi connectivity index (χ2n) is 3.30. The average Bonchev–Trinajstić information content (AvgIpc) is 2.50. The number of nitrogen functional groups attached to an aromatic ring is 1. The van der Waals surface area contributed by atoms with Crippen molar-refractivity contribution in [3.05, 3.63) is 27.1 Å². The number of nitrogens with zero attached hydrogens (tertiary/aromatic N) is 4. The van der Waals surface area contributed by atoms with E-state index in [4.69, 9.17) is 17.3 Å². The zero-order valence-corrected chi connectivity index (χ0v) is 11.0. The molecule has 0 aliphatic rings. The predicted molar refractivity (Wildman–Crippen MR) is 65.8 cm³/mol. The van der Waals surface area contributed by atoms with Crippen molar-refractivity contribution < 1.29 is 0 Å². The summed E-state index contributed by atoms with van der Waals surface area (Å²) in [4.78, 5) is 7.88. The lowest BCUT2D eigenvalue weighted by atomic mass is 10.4. The summed E-state index contributed by atoms with van der Waals surface area (Å²) in [5, 5.41) is 4.73. The van der Waals surface area contributed by atoms with E-state index in [1.165, 1.54) is 6.20 Å². The molecule has 0 unspecified atom stereocenters. The SMILES string of the molecule is Cc1nn(-c2nc(N)ncc2Cl)c(C)c1Br. The maximum Gasteiger partial charge on any atom is 0.222 e. The maximum atomic E-state index is 6.01. The van der Waals surface area contributed by atoms with Crippen LogP contribution in [0.15, 0.2) is 10.7 Å². The van der Waals surface area contributed by atoms with Crippen LogP contribution in [0.5, 0.6) is 0 Å². The lowest BCUT2D eigenvalue weighted by molar-refractivity contribution is 0.803. The molecular formula is C9H9BrClN5. The smallest absolute Gasteiger partial charge is 0.222 e. The van der Waals surface area contributed by atoms with Crippen molar-refractivity contribution in [1.82, 2.24) is 19.7 Å². The largest absolute Gasteiger partial charge is 0.368 e. The molecule has 7 heteroatoms. The Labute approximate surface area is 106 Å². The van der Waals surface area contributed by atoms with E-state index in [0.717, 1.165) is 15.9 Å². The minimum Gasteiger partial charge on any atom is -0.368 e. The van der Waals surface area contributed by atoms with Gasteiger partial charge in [0.2, 0.25) is 5.95 Å². The van der Waals surface area contributed by atoms with Crippen LogP contribution in [0.4, 0.5) is 5.95 Å². The summed E-state index contributed by atoms with van der Waals surface area (Å²) in [7, 11) is 0. The van der Waals surface area contributed by atoms with Crippen LogP contribution in [0.3, 0.4) is 0 Å². The molecule has 0 aromatic carbocycles. The van der Waals surface area contributed by atoms with Gasteiger partial charge < -0.3 is 5.73 Å². The fourth-order valence-electron chi connectivity index (χ4n) is 1.35. The first-order chi connectivity index (χ1) is 7.50. The summed E-state index contributed by atoms with van der Waals surface area (Å²) < 4.78 is 2.57. The monoisotopic (exact) mass is 301 g/mol. The molecule has 0 fully saturated rings. The summed E-state index contributed by atoms with van der Waals surface area (Å²) in [5.41, 5.74) is 7.31. The van der Waals surface area contributed by atoms with E-state index in [2.05, 4.69) is 31.0 Å². The van der Waals surface area contributed by atoms with Gasteiger partial charge in [-0.05, 0) is 29.8 Å². The highest BCUT2D eigenvalue weighted by atomic mass is 79.9. The number of anilines is 1. The van der Waals surface area contributed by atoms with Crippen molar-refractivity contribution in [2.24, 2.45) is 0 Å². The van der Waals surface area contributed by atoms with Gasteiger partial charge in [0.05, 0.1) is 22.1 Å². The van der Waals surface area contributed by atoms with E-state index in [-0.39, 0.29) is 5.95 Å². The van der Waals surface area contributed by atoms with Crippen LogP contribution < -0.4 is 5.73 Å². The van der Waals surface area contributed by atoms with E-state index in [0.29, 0.717) is 10.8 Å². The predicted octanol–water partition coefficient (Wildman–Crippen LogP) is 2.28. The fourth-order valence-corrected chi connectivity index (χ4v) is 1.77. The molecule has 0 bridgehead atoms. The number of halogens is 2. The zero-order chi connectivity index (χ0) is 11.9. The molecule has 16 heavy (non-hydrogen) atoms. The standard InChI is InChI=1S/C9H9BrClN5/c1-4-7(10)5(2)16(15-4)8-6(11)3-13-9(12)14-8/h3H,1-2H3,(H2,12,13,14). The maximum absolute atomic E-state index is 6.01. The molecule has 84 valence electrons. The van der Waals surface area contributed by atoms with Crippen LogP contribution in [-0.2, 0) is 0 Å². The molecule has 5 nitrogen and oxygen atoms in total. The van der Waals surface area contributed by atoms with Gasteiger partial charge in [0, 0.05) is 0 Å². The summed E-state index contributed by atoms with van der Waals surface area (Å²) in [6.45, 7) is 3.81. The van der Waals surface area contributed by atoms with Crippen molar-refractivity contribution in [2.45, 2.75) is 13.8 Å². The van der Waals surface area contributed by atoms with Gasteiger partial charge in [-0.1, -0.05) is 11.6 Å². The third-order valence-corrected chi connectivity index (χ3v) is 3.56. The summed E-state index contributed by atoms with van der Waals surface area (Å²) >= 11 is 9.45. The van der Waals surface area contributed by atoms with Gasteiger partial charge in [-0.2, -0.15) is 10.1 Å².